The fourth-order valence-corrected chi connectivity index (χ4v) is 4.70. The van der Waals surface area contributed by atoms with E-state index in [0.717, 1.165) is 23.5 Å². The third-order valence-corrected chi connectivity index (χ3v) is 6.81. The van der Waals surface area contributed by atoms with Crippen molar-refractivity contribution in [3.8, 4) is 0 Å². The third-order valence-electron chi connectivity index (χ3n) is 6.05. The summed E-state index contributed by atoms with van der Waals surface area (Å²) in [5, 5.41) is 4.58. The van der Waals surface area contributed by atoms with Gasteiger partial charge in [-0.05, 0) is 30.3 Å². The van der Waals surface area contributed by atoms with E-state index in [-0.39, 0.29) is 47.8 Å². The van der Waals surface area contributed by atoms with Crippen molar-refractivity contribution in [2.45, 2.75) is 26.1 Å². The van der Waals surface area contributed by atoms with Crippen LogP contribution in [-0.4, -0.2) is 70.1 Å². The van der Waals surface area contributed by atoms with Crippen LogP contribution in [0.5, 0.6) is 0 Å². The van der Waals surface area contributed by atoms with Crippen LogP contribution in [-0.2, 0) is 22.3 Å². The highest BCUT2D eigenvalue weighted by Gasteiger charge is 2.30. The minimum absolute atomic E-state index is 0.0301. The number of thiazole rings is 1. The average Bonchev–Trinajstić information content (AvgIpc) is 3.58. The number of furan rings is 1. The highest BCUT2D eigenvalue weighted by molar-refractivity contribution is 7.14. The summed E-state index contributed by atoms with van der Waals surface area (Å²) < 4.78 is 44.4. The van der Waals surface area contributed by atoms with Gasteiger partial charge in [0.25, 0.3) is 5.91 Å². The Morgan fingerprint density at radius 3 is 2.50 bits per heavy atom. The van der Waals surface area contributed by atoms with Crippen LogP contribution in [0.4, 0.5) is 24.0 Å². The topological polar surface area (TPSA) is 99.0 Å². The van der Waals surface area contributed by atoms with Crippen LogP contribution in [0.15, 0.2) is 52.5 Å². The Kier molecular flexibility index (Phi) is 8.35. The summed E-state index contributed by atoms with van der Waals surface area (Å²) in [4.78, 5) is 46.7. The number of nitrogens with one attached hydrogen (secondary N) is 1. The first-order chi connectivity index (χ1) is 18.1. The molecule has 13 heteroatoms. The molecule has 38 heavy (non-hydrogen) atoms. The van der Waals surface area contributed by atoms with E-state index in [2.05, 4.69) is 10.3 Å². The third kappa shape index (κ3) is 6.91. The van der Waals surface area contributed by atoms with Crippen LogP contribution in [0.3, 0.4) is 0 Å². The summed E-state index contributed by atoms with van der Waals surface area (Å²) in [6.45, 7) is 3.52. The molecule has 0 radical (unpaired) electrons. The zero-order chi connectivity index (χ0) is 27.3. The number of nitrogens with zero attached hydrogens (tertiary/aromatic N) is 4. The van der Waals surface area contributed by atoms with Gasteiger partial charge in [0, 0.05) is 57.1 Å². The van der Waals surface area contributed by atoms with E-state index in [0.29, 0.717) is 31.9 Å². The number of amides is 3. The number of rotatable bonds is 8. The minimum Gasteiger partial charge on any atom is -0.467 e. The zero-order valence-electron chi connectivity index (χ0n) is 20.5. The first kappa shape index (κ1) is 27.2. The highest BCUT2D eigenvalue weighted by Crippen LogP contribution is 2.32. The van der Waals surface area contributed by atoms with Gasteiger partial charge in [0.2, 0.25) is 11.8 Å². The van der Waals surface area contributed by atoms with Crippen molar-refractivity contribution >= 4 is 39.9 Å². The molecule has 0 aliphatic carbocycles. The molecule has 0 unspecified atom stereocenters. The summed E-state index contributed by atoms with van der Waals surface area (Å²) in [6, 6.07) is 8.10. The van der Waals surface area contributed by atoms with E-state index in [4.69, 9.17) is 4.42 Å². The van der Waals surface area contributed by atoms with Gasteiger partial charge in [0.15, 0.2) is 5.13 Å². The van der Waals surface area contributed by atoms with Crippen molar-refractivity contribution in [1.82, 2.24) is 19.7 Å². The van der Waals surface area contributed by atoms with Crippen LogP contribution in [0.2, 0.25) is 0 Å². The van der Waals surface area contributed by atoms with Crippen molar-refractivity contribution in [2.75, 3.05) is 38.0 Å². The van der Waals surface area contributed by atoms with E-state index >= 15 is 0 Å². The van der Waals surface area contributed by atoms with Crippen molar-refractivity contribution in [3.05, 3.63) is 65.1 Å². The minimum atomic E-state index is -4.48. The van der Waals surface area contributed by atoms with Gasteiger partial charge in [-0.2, -0.15) is 13.2 Å². The van der Waals surface area contributed by atoms with E-state index in [1.54, 1.807) is 21.9 Å². The quantitative estimate of drug-likeness (QED) is 0.452. The van der Waals surface area contributed by atoms with Crippen LogP contribution in [0.1, 0.15) is 35.2 Å². The number of hydrogen-bond donors (Lipinski definition) is 1. The van der Waals surface area contributed by atoms with Gasteiger partial charge < -0.3 is 24.4 Å². The molecule has 1 aliphatic heterocycles. The largest absolute Gasteiger partial charge is 0.467 e. The van der Waals surface area contributed by atoms with Gasteiger partial charge in [0.05, 0.1) is 18.4 Å². The number of alkyl halides is 3. The lowest BCUT2D eigenvalue weighted by molar-refractivity contribution is -0.138. The van der Waals surface area contributed by atoms with Gasteiger partial charge in [-0.1, -0.05) is 6.07 Å². The van der Waals surface area contributed by atoms with E-state index in [1.807, 2.05) is 0 Å². The summed E-state index contributed by atoms with van der Waals surface area (Å²) in [7, 11) is 0. The van der Waals surface area contributed by atoms with E-state index in [9.17, 15) is 27.6 Å². The molecule has 1 aromatic carbocycles. The molecule has 202 valence electrons. The second-order valence-corrected chi connectivity index (χ2v) is 9.54. The molecule has 0 saturated carbocycles. The van der Waals surface area contributed by atoms with Gasteiger partial charge in [-0.3, -0.25) is 14.4 Å². The summed E-state index contributed by atoms with van der Waals surface area (Å²) in [5.74, 6) is -0.0736. The fraction of sp³-hybridized carbons (Fsp3) is 0.360. The molecular formula is C25H26F3N5O4S. The van der Waals surface area contributed by atoms with Gasteiger partial charge >= 0.3 is 6.18 Å². The second kappa shape index (κ2) is 11.7. The molecule has 4 rings (SSSR count). The molecule has 1 fully saturated rings. The lowest BCUT2D eigenvalue weighted by Crippen LogP contribution is -2.50. The number of aromatic nitrogens is 1. The Balaban J connectivity index is 1.41. The Morgan fingerprint density at radius 1 is 1.11 bits per heavy atom. The molecule has 3 amide bonds. The predicted octanol–water partition coefficient (Wildman–Crippen LogP) is 4.22. The maximum atomic E-state index is 13.3. The SMILES string of the molecule is CC(=O)N1CCN(C(=O)CCN(Cc2ccco2)C(=O)c2csc(Nc3cccc(C(F)(F)F)c3)n2)CC1. The Hall–Kier alpha value is -3.87. The van der Waals surface area contributed by atoms with Crippen LogP contribution in [0.25, 0.3) is 0 Å². The summed E-state index contributed by atoms with van der Waals surface area (Å²) in [6.07, 6.45) is -2.92. The molecule has 1 aliphatic rings. The zero-order valence-corrected chi connectivity index (χ0v) is 21.3. The fourth-order valence-electron chi connectivity index (χ4n) is 3.99. The lowest BCUT2D eigenvalue weighted by Gasteiger charge is -2.34. The smallest absolute Gasteiger partial charge is 0.416 e. The Bertz CT molecular complexity index is 1270. The molecule has 3 heterocycles. The molecule has 0 bridgehead atoms. The number of piperazine rings is 1. The molecule has 1 N–H and O–H groups in total. The number of benzene rings is 1. The van der Waals surface area contributed by atoms with Crippen LogP contribution < -0.4 is 5.32 Å². The average molecular weight is 550 g/mol. The standard InChI is InChI=1S/C25H26F3N5O4S/c1-17(34)31-9-11-32(12-10-31)22(35)7-8-33(15-20-6-3-13-37-20)23(36)21-16-38-24(30-21)29-19-5-2-4-18(14-19)25(26,27)28/h2-6,13-14,16H,7-12,15H2,1H3,(H,29,30). The number of hydrogen-bond acceptors (Lipinski definition) is 7. The first-order valence-corrected chi connectivity index (χ1v) is 12.7. The normalized spacial score (nSPS) is 13.9. The Morgan fingerprint density at radius 2 is 1.84 bits per heavy atom. The van der Waals surface area contributed by atoms with Gasteiger partial charge in [-0.15, -0.1) is 11.3 Å². The monoisotopic (exact) mass is 549 g/mol. The van der Waals surface area contributed by atoms with Crippen molar-refractivity contribution < 1.29 is 32.0 Å². The van der Waals surface area contributed by atoms with Crippen LogP contribution in [0, 0.1) is 0 Å². The number of carbonyl (C=O) groups is 3. The van der Waals surface area contributed by atoms with E-state index in [1.165, 1.54) is 35.6 Å². The highest BCUT2D eigenvalue weighted by atomic mass is 32.1. The molecule has 2 aromatic heterocycles. The van der Waals surface area contributed by atoms with Crippen molar-refractivity contribution in [1.29, 1.82) is 0 Å². The maximum absolute atomic E-state index is 13.3. The molecule has 9 nitrogen and oxygen atoms in total. The number of halogens is 3. The molecular weight excluding hydrogens is 523 g/mol. The lowest BCUT2D eigenvalue weighted by atomic mass is 10.2. The number of carbonyl (C=O) groups excluding carboxylic acids is 3. The maximum Gasteiger partial charge on any atom is 0.416 e. The van der Waals surface area contributed by atoms with Gasteiger partial charge in [0.1, 0.15) is 11.5 Å². The summed E-state index contributed by atoms with van der Waals surface area (Å²) >= 11 is 1.08. The van der Waals surface area contributed by atoms with Crippen LogP contribution >= 0.6 is 11.3 Å². The molecule has 1 saturated heterocycles. The second-order valence-electron chi connectivity index (χ2n) is 8.68. The molecule has 0 atom stereocenters. The Labute approximate surface area is 220 Å². The predicted molar refractivity (Wildman–Crippen MR) is 134 cm³/mol. The van der Waals surface area contributed by atoms with Crippen molar-refractivity contribution in [2.24, 2.45) is 0 Å². The van der Waals surface area contributed by atoms with E-state index < -0.39 is 17.6 Å². The van der Waals surface area contributed by atoms with Gasteiger partial charge in [-0.25, -0.2) is 4.98 Å². The molecule has 0 spiro atoms. The van der Waals surface area contributed by atoms with Crippen molar-refractivity contribution in [3.63, 3.8) is 0 Å². The summed E-state index contributed by atoms with van der Waals surface area (Å²) in [5.41, 5.74) is -0.512. The first-order valence-electron chi connectivity index (χ1n) is 11.8. The molecule has 3 aromatic rings. The number of anilines is 2.